The summed E-state index contributed by atoms with van der Waals surface area (Å²) in [6.45, 7) is 1.47. The van der Waals surface area contributed by atoms with Crippen LogP contribution in [0.5, 0.6) is 0 Å². The number of carbonyl (C=O) groups is 1. The topological polar surface area (TPSA) is 101 Å². The third kappa shape index (κ3) is 4.11. The number of anilines is 1. The van der Waals surface area contributed by atoms with Crippen LogP contribution < -0.4 is 5.32 Å². The van der Waals surface area contributed by atoms with E-state index in [1.54, 1.807) is 18.2 Å². The van der Waals surface area contributed by atoms with Crippen LogP contribution in [0.25, 0.3) is 0 Å². The predicted molar refractivity (Wildman–Crippen MR) is 108 cm³/mol. The first-order valence-corrected chi connectivity index (χ1v) is 11.3. The number of sulfone groups is 1. The molecule has 2 aliphatic rings. The maximum absolute atomic E-state index is 12.8. The van der Waals surface area contributed by atoms with Gasteiger partial charge >= 0.3 is 0 Å². The highest BCUT2D eigenvalue weighted by atomic mass is 32.2. The Morgan fingerprint density at radius 2 is 2.07 bits per heavy atom. The first kappa shape index (κ1) is 19.8. The molecule has 3 heterocycles. The summed E-state index contributed by atoms with van der Waals surface area (Å²) in [5.41, 5.74) is 2.46. The van der Waals surface area contributed by atoms with Gasteiger partial charge in [-0.05, 0) is 5.56 Å². The third-order valence-electron chi connectivity index (χ3n) is 5.50. The number of hydrogen-bond donors (Lipinski definition) is 1. The van der Waals surface area contributed by atoms with Crippen LogP contribution in [0.4, 0.5) is 5.95 Å². The second-order valence-electron chi connectivity index (χ2n) is 7.44. The van der Waals surface area contributed by atoms with Gasteiger partial charge in [0.1, 0.15) is 0 Å². The Hall–Kier alpha value is -2.52. The molecule has 1 aromatic heterocycles. The lowest BCUT2D eigenvalue weighted by molar-refractivity contribution is -0.131. The van der Waals surface area contributed by atoms with Gasteiger partial charge in [-0.1, -0.05) is 30.3 Å². The fourth-order valence-corrected chi connectivity index (χ4v) is 5.98. The molecule has 1 saturated heterocycles. The maximum Gasteiger partial charge on any atom is 0.224 e. The molecule has 0 aliphatic carbocycles. The van der Waals surface area contributed by atoms with Gasteiger partial charge in [0.25, 0.3) is 0 Å². The van der Waals surface area contributed by atoms with Gasteiger partial charge in [-0.3, -0.25) is 4.79 Å². The molecular weight excluding hydrogens is 392 g/mol. The van der Waals surface area contributed by atoms with Crippen LogP contribution in [-0.2, 0) is 31.7 Å². The van der Waals surface area contributed by atoms with Crippen molar-refractivity contribution >= 4 is 21.7 Å². The SMILES string of the molecule is COCCC(=O)N1C[C@@H]2c3nc(NCc4ccccc4)ncc3CS(=O)(=O)[C@@H]2C1. The Balaban J connectivity index is 1.56. The molecule has 2 aromatic rings. The van der Waals surface area contributed by atoms with Crippen molar-refractivity contribution in [2.75, 3.05) is 32.1 Å². The quantitative estimate of drug-likeness (QED) is 0.758. The maximum atomic E-state index is 12.8. The number of amides is 1. The van der Waals surface area contributed by atoms with Crippen molar-refractivity contribution in [3.63, 3.8) is 0 Å². The van der Waals surface area contributed by atoms with Crippen LogP contribution in [0.15, 0.2) is 36.5 Å². The van der Waals surface area contributed by atoms with E-state index in [1.165, 1.54) is 0 Å². The molecule has 0 bridgehead atoms. The standard InChI is InChI=1S/C20H24N4O4S/c1-28-8-7-18(25)24-11-16-17(12-24)29(26,27)13-15-10-22-20(23-19(15)16)21-9-14-5-3-2-4-6-14/h2-6,10,16-17H,7-9,11-13H2,1H3,(H,21,22,23)/t16-,17+/m0/s1. The summed E-state index contributed by atoms with van der Waals surface area (Å²) in [4.78, 5) is 23.0. The second kappa shape index (κ2) is 8.08. The van der Waals surface area contributed by atoms with Crippen LogP contribution in [0, 0.1) is 0 Å². The number of aromatic nitrogens is 2. The molecule has 1 N–H and O–H groups in total. The van der Waals surface area contributed by atoms with Crippen molar-refractivity contribution in [3.05, 3.63) is 53.3 Å². The minimum Gasteiger partial charge on any atom is -0.384 e. The molecule has 2 atom stereocenters. The molecule has 4 rings (SSSR count). The zero-order chi connectivity index (χ0) is 20.4. The Morgan fingerprint density at radius 1 is 1.28 bits per heavy atom. The molecule has 0 saturated carbocycles. The molecule has 8 nitrogen and oxygen atoms in total. The van der Waals surface area contributed by atoms with Gasteiger partial charge in [-0.15, -0.1) is 0 Å². The first-order chi connectivity index (χ1) is 14.0. The number of methoxy groups -OCH3 is 1. The highest BCUT2D eigenvalue weighted by molar-refractivity contribution is 7.91. The molecule has 1 amide bonds. The minimum absolute atomic E-state index is 0.0808. The van der Waals surface area contributed by atoms with E-state index in [0.717, 1.165) is 11.3 Å². The summed E-state index contributed by atoms with van der Waals surface area (Å²) < 4.78 is 30.5. The van der Waals surface area contributed by atoms with Crippen LogP contribution in [0.3, 0.4) is 0 Å². The molecule has 0 spiro atoms. The Labute approximate surface area is 170 Å². The molecule has 2 aliphatic heterocycles. The van der Waals surface area contributed by atoms with E-state index >= 15 is 0 Å². The monoisotopic (exact) mass is 416 g/mol. The molecule has 1 fully saturated rings. The van der Waals surface area contributed by atoms with Gasteiger partial charge in [0.2, 0.25) is 11.9 Å². The van der Waals surface area contributed by atoms with Crippen LogP contribution in [-0.4, -0.2) is 61.2 Å². The second-order valence-corrected chi connectivity index (χ2v) is 9.66. The largest absolute Gasteiger partial charge is 0.384 e. The average Bonchev–Trinajstić information content (AvgIpc) is 3.18. The molecular formula is C20H24N4O4S. The predicted octanol–water partition coefficient (Wildman–Crippen LogP) is 1.35. The third-order valence-corrected chi connectivity index (χ3v) is 7.61. The lowest BCUT2D eigenvalue weighted by Crippen LogP contribution is -2.35. The van der Waals surface area contributed by atoms with Crippen molar-refractivity contribution in [3.8, 4) is 0 Å². The number of ether oxygens (including phenoxy) is 1. The summed E-state index contributed by atoms with van der Waals surface area (Å²) in [6, 6.07) is 9.91. The van der Waals surface area contributed by atoms with Crippen LogP contribution in [0.1, 0.15) is 29.2 Å². The zero-order valence-electron chi connectivity index (χ0n) is 16.2. The van der Waals surface area contributed by atoms with Crippen molar-refractivity contribution in [1.29, 1.82) is 0 Å². The molecule has 154 valence electrons. The highest BCUT2D eigenvalue weighted by Gasteiger charge is 2.48. The zero-order valence-corrected chi connectivity index (χ0v) is 17.1. The molecule has 0 unspecified atom stereocenters. The van der Waals surface area contributed by atoms with E-state index in [2.05, 4.69) is 15.3 Å². The number of carbonyl (C=O) groups excluding carboxylic acids is 1. The number of benzene rings is 1. The van der Waals surface area contributed by atoms with Crippen molar-refractivity contribution in [1.82, 2.24) is 14.9 Å². The fraction of sp³-hybridized carbons (Fsp3) is 0.450. The number of likely N-dealkylation sites (tertiary alicyclic amines) is 1. The van der Waals surface area contributed by atoms with Gasteiger partial charge in [0.15, 0.2) is 9.84 Å². The smallest absolute Gasteiger partial charge is 0.224 e. The van der Waals surface area contributed by atoms with E-state index in [0.29, 0.717) is 31.2 Å². The lowest BCUT2D eigenvalue weighted by atomic mass is 10.00. The van der Waals surface area contributed by atoms with E-state index in [-0.39, 0.29) is 30.5 Å². The fourth-order valence-electron chi connectivity index (χ4n) is 3.99. The number of nitrogens with one attached hydrogen (secondary N) is 1. The van der Waals surface area contributed by atoms with Crippen LogP contribution in [0.2, 0.25) is 0 Å². The Kier molecular flexibility index (Phi) is 5.51. The van der Waals surface area contributed by atoms with Gasteiger partial charge < -0.3 is 15.0 Å². The van der Waals surface area contributed by atoms with Crippen molar-refractivity contribution in [2.24, 2.45) is 0 Å². The number of fused-ring (bicyclic) bond motifs is 3. The Bertz CT molecular complexity index is 997. The number of rotatable bonds is 6. The van der Waals surface area contributed by atoms with Gasteiger partial charge in [-0.2, -0.15) is 0 Å². The summed E-state index contributed by atoms with van der Waals surface area (Å²) in [5.74, 6) is -0.0254. The first-order valence-electron chi connectivity index (χ1n) is 9.60. The summed E-state index contributed by atoms with van der Waals surface area (Å²) in [7, 11) is -1.81. The molecule has 29 heavy (non-hydrogen) atoms. The Morgan fingerprint density at radius 3 is 2.83 bits per heavy atom. The number of nitrogens with zero attached hydrogens (tertiary/aromatic N) is 3. The molecule has 1 aromatic carbocycles. The van der Waals surface area contributed by atoms with Gasteiger partial charge in [-0.25, -0.2) is 18.4 Å². The van der Waals surface area contributed by atoms with E-state index < -0.39 is 15.1 Å². The van der Waals surface area contributed by atoms with Crippen LogP contribution >= 0.6 is 0 Å². The van der Waals surface area contributed by atoms with E-state index in [9.17, 15) is 13.2 Å². The highest BCUT2D eigenvalue weighted by Crippen LogP contribution is 2.39. The minimum atomic E-state index is -3.35. The summed E-state index contributed by atoms with van der Waals surface area (Å²) in [6.07, 6.45) is 1.84. The van der Waals surface area contributed by atoms with Crippen molar-refractivity contribution in [2.45, 2.75) is 29.9 Å². The summed E-state index contributed by atoms with van der Waals surface area (Å²) >= 11 is 0. The van der Waals surface area contributed by atoms with Crippen molar-refractivity contribution < 1.29 is 17.9 Å². The van der Waals surface area contributed by atoms with Gasteiger partial charge in [0, 0.05) is 44.4 Å². The van der Waals surface area contributed by atoms with E-state index in [1.807, 2.05) is 30.3 Å². The summed E-state index contributed by atoms with van der Waals surface area (Å²) in [5, 5.41) is 2.59. The lowest BCUT2D eigenvalue weighted by Gasteiger charge is -2.26. The normalized spacial score (nSPS) is 22.0. The number of hydrogen-bond acceptors (Lipinski definition) is 7. The average molecular weight is 417 g/mol. The van der Waals surface area contributed by atoms with Gasteiger partial charge in [0.05, 0.1) is 29.7 Å². The molecule has 0 radical (unpaired) electrons. The molecule has 9 heteroatoms. The van der Waals surface area contributed by atoms with E-state index in [4.69, 9.17) is 4.74 Å².